The smallest absolute Gasteiger partial charge is 0.247 e. The van der Waals surface area contributed by atoms with E-state index in [4.69, 9.17) is 4.42 Å². The first kappa shape index (κ1) is 11.4. The van der Waals surface area contributed by atoms with Crippen molar-refractivity contribution in [3.63, 3.8) is 0 Å². The summed E-state index contributed by atoms with van der Waals surface area (Å²) in [6, 6.07) is 3.09. The highest BCUT2D eigenvalue weighted by Gasteiger charge is 2.27. The molecule has 0 bridgehead atoms. The molecule has 1 aliphatic heterocycles. The van der Waals surface area contributed by atoms with E-state index in [0.717, 1.165) is 0 Å². The van der Waals surface area contributed by atoms with Crippen LogP contribution in [0.2, 0.25) is 0 Å². The van der Waals surface area contributed by atoms with Gasteiger partial charge in [0.1, 0.15) is 11.8 Å². The lowest BCUT2D eigenvalue weighted by Crippen LogP contribution is -2.55. The number of nitrogens with one attached hydrogen (secondary N) is 1. The fourth-order valence-corrected chi connectivity index (χ4v) is 1.72. The van der Waals surface area contributed by atoms with Crippen LogP contribution in [-0.2, 0) is 9.59 Å². The number of furan rings is 1. The van der Waals surface area contributed by atoms with Gasteiger partial charge in [0.15, 0.2) is 0 Å². The maximum absolute atomic E-state index is 11.9. The van der Waals surface area contributed by atoms with E-state index in [1.807, 2.05) is 0 Å². The minimum atomic E-state index is -0.419. The Balaban J connectivity index is 2.02. The van der Waals surface area contributed by atoms with Gasteiger partial charge in [0.05, 0.1) is 6.26 Å². The highest BCUT2D eigenvalue weighted by Crippen LogP contribution is 2.07. The molecule has 1 aliphatic rings. The van der Waals surface area contributed by atoms with Crippen molar-refractivity contribution in [2.75, 3.05) is 13.1 Å². The van der Waals surface area contributed by atoms with Crippen LogP contribution < -0.4 is 5.32 Å². The van der Waals surface area contributed by atoms with Gasteiger partial charge < -0.3 is 14.6 Å². The Morgan fingerprint density at radius 3 is 3.18 bits per heavy atom. The maximum atomic E-state index is 11.9. The number of nitrogens with zero attached hydrogens (tertiary/aromatic N) is 1. The van der Waals surface area contributed by atoms with Crippen molar-refractivity contribution in [1.82, 2.24) is 10.2 Å². The lowest BCUT2D eigenvalue weighted by Gasteiger charge is -2.31. The quantitative estimate of drug-likeness (QED) is 0.764. The van der Waals surface area contributed by atoms with Crippen LogP contribution in [0.5, 0.6) is 0 Å². The van der Waals surface area contributed by atoms with E-state index in [2.05, 4.69) is 5.32 Å². The normalized spacial score (nSPS) is 20.6. The summed E-state index contributed by atoms with van der Waals surface area (Å²) in [5.41, 5.74) is 0. The molecule has 0 aromatic carbocycles. The predicted octanol–water partition coefficient (Wildman–Crippen LogP) is 0.640. The third kappa shape index (κ3) is 2.55. The molecule has 2 amide bonds. The third-order valence-electron chi connectivity index (χ3n) is 2.72. The molecule has 2 heterocycles. The van der Waals surface area contributed by atoms with E-state index >= 15 is 0 Å². The van der Waals surface area contributed by atoms with E-state index in [0.29, 0.717) is 18.8 Å². The molecule has 17 heavy (non-hydrogen) atoms. The van der Waals surface area contributed by atoms with Crippen LogP contribution in [0.3, 0.4) is 0 Å². The molecule has 1 atom stereocenters. The molecule has 2 rings (SSSR count). The number of hydrogen-bond donors (Lipinski definition) is 1. The third-order valence-corrected chi connectivity index (χ3v) is 2.72. The van der Waals surface area contributed by atoms with Crippen LogP contribution in [-0.4, -0.2) is 35.8 Å². The molecule has 1 fully saturated rings. The van der Waals surface area contributed by atoms with Crippen molar-refractivity contribution < 1.29 is 14.0 Å². The number of carbonyl (C=O) groups is 2. The lowest BCUT2D eigenvalue weighted by atomic mass is 10.2. The van der Waals surface area contributed by atoms with Gasteiger partial charge in [-0.1, -0.05) is 0 Å². The molecule has 90 valence electrons. The largest absolute Gasteiger partial charge is 0.465 e. The monoisotopic (exact) mass is 234 g/mol. The summed E-state index contributed by atoms with van der Waals surface area (Å²) in [6.07, 6.45) is 4.57. The second-order valence-electron chi connectivity index (χ2n) is 3.85. The standard InChI is InChI=1S/C12H14N2O3/c1-9-12(16)13-6-7-14(9)11(15)5-4-10-3-2-8-17-10/h2-5,8-9H,6-7H2,1H3,(H,13,16). The predicted molar refractivity (Wildman–Crippen MR) is 61.9 cm³/mol. The average Bonchev–Trinajstić information content (AvgIpc) is 2.82. The summed E-state index contributed by atoms with van der Waals surface area (Å²) >= 11 is 0. The topological polar surface area (TPSA) is 62.6 Å². The number of rotatable bonds is 2. The van der Waals surface area contributed by atoms with Crippen LogP contribution in [0.4, 0.5) is 0 Å². The summed E-state index contributed by atoms with van der Waals surface area (Å²) in [5, 5.41) is 2.71. The van der Waals surface area contributed by atoms with Gasteiger partial charge in [-0.25, -0.2) is 0 Å². The van der Waals surface area contributed by atoms with E-state index in [1.165, 1.54) is 11.0 Å². The molecule has 0 spiro atoms. The van der Waals surface area contributed by atoms with Gasteiger partial charge in [-0.15, -0.1) is 0 Å². The van der Waals surface area contributed by atoms with Gasteiger partial charge in [-0.05, 0) is 25.1 Å². The fraction of sp³-hybridized carbons (Fsp3) is 0.333. The first-order valence-electron chi connectivity index (χ1n) is 5.48. The Morgan fingerprint density at radius 2 is 2.47 bits per heavy atom. The summed E-state index contributed by atoms with van der Waals surface area (Å²) in [5.74, 6) is 0.326. The summed E-state index contributed by atoms with van der Waals surface area (Å²) in [6.45, 7) is 2.75. The van der Waals surface area contributed by atoms with Gasteiger partial charge in [0.2, 0.25) is 11.8 Å². The number of carbonyl (C=O) groups excluding carboxylic acids is 2. The molecule has 1 aromatic rings. The van der Waals surface area contributed by atoms with Crippen LogP contribution >= 0.6 is 0 Å². The lowest BCUT2D eigenvalue weighted by molar-refractivity contribution is -0.139. The van der Waals surface area contributed by atoms with Crippen molar-refractivity contribution in [2.45, 2.75) is 13.0 Å². The van der Waals surface area contributed by atoms with Crippen molar-refractivity contribution in [2.24, 2.45) is 0 Å². The van der Waals surface area contributed by atoms with E-state index < -0.39 is 6.04 Å². The van der Waals surface area contributed by atoms with E-state index in [-0.39, 0.29) is 11.8 Å². The van der Waals surface area contributed by atoms with Crippen LogP contribution in [0.15, 0.2) is 28.9 Å². The van der Waals surface area contributed by atoms with Gasteiger partial charge in [-0.2, -0.15) is 0 Å². The fourth-order valence-electron chi connectivity index (χ4n) is 1.72. The van der Waals surface area contributed by atoms with Crippen molar-refractivity contribution in [3.8, 4) is 0 Å². The minimum absolute atomic E-state index is 0.115. The number of hydrogen-bond acceptors (Lipinski definition) is 3. The number of piperazine rings is 1. The molecule has 5 heteroatoms. The van der Waals surface area contributed by atoms with Gasteiger partial charge >= 0.3 is 0 Å². The summed E-state index contributed by atoms with van der Waals surface area (Å²) in [4.78, 5) is 24.8. The first-order valence-corrected chi connectivity index (χ1v) is 5.48. The molecule has 1 aromatic heterocycles. The average molecular weight is 234 g/mol. The van der Waals surface area contributed by atoms with Gasteiger partial charge in [-0.3, -0.25) is 9.59 Å². The summed E-state index contributed by atoms with van der Waals surface area (Å²) < 4.78 is 5.08. The van der Waals surface area contributed by atoms with Crippen molar-refractivity contribution >= 4 is 17.9 Å². The van der Waals surface area contributed by atoms with Gasteiger partial charge in [0, 0.05) is 19.2 Å². The second-order valence-corrected chi connectivity index (χ2v) is 3.85. The molecular formula is C12H14N2O3. The van der Waals surface area contributed by atoms with Gasteiger partial charge in [0.25, 0.3) is 0 Å². The molecule has 0 saturated carbocycles. The molecule has 1 N–H and O–H groups in total. The van der Waals surface area contributed by atoms with Crippen molar-refractivity contribution in [1.29, 1.82) is 0 Å². The molecular weight excluding hydrogens is 220 g/mol. The van der Waals surface area contributed by atoms with E-state index in [9.17, 15) is 9.59 Å². The zero-order valence-corrected chi connectivity index (χ0v) is 9.55. The minimum Gasteiger partial charge on any atom is -0.465 e. The summed E-state index contributed by atoms with van der Waals surface area (Å²) in [7, 11) is 0. The highest BCUT2D eigenvalue weighted by molar-refractivity contribution is 5.95. The van der Waals surface area contributed by atoms with Crippen LogP contribution in [0.1, 0.15) is 12.7 Å². The Bertz CT molecular complexity index is 437. The Morgan fingerprint density at radius 1 is 1.65 bits per heavy atom. The molecule has 1 unspecified atom stereocenters. The zero-order chi connectivity index (χ0) is 12.3. The zero-order valence-electron chi connectivity index (χ0n) is 9.55. The molecule has 1 saturated heterocycles. The van der Waals surface area contributed by atoms with Crippen molar-refractivity contribution in [3.05, 3.63) is 30.2 Å². The second kappa shape index (κ2) is 4.86. The Labute approximate surface area is 99.1 Å². The first-order chi connectivity index (χ1) is 8.18. The van der Waals surface area contributed by atoms with E-state index in [1.54, 1.807) is 31.4 Å². The van der Waals surface area contributed by atoms with Crippen LogP contribution in [0.25, 0.3) is 6.08 Å². The molecule has 5 nitrogen and oxygen atoms in total. The molecule has 0 radical (unpaired) electrons. The van der Waals surface area contributed by atoms with Crippen LogP contribution in [0, 0.1) is 0 Å². The Kier molecular flexibility index (Phi) is 3.27. The maximum Gasteiger partial charge on any atom is 0.247 e. The SMILES string of the molecule is CC1C(=O)NCCN1C(=O)C=Cc1ccco1. The highest BCUT2D eigenvalue weighted by atomic mass is 16.3. The Hall–Kier alpha value is -2.04. The molecule has 0 aliphatic carbocycles. The number of amides is 2.